The molecule has 3 N–H and O–H groups in total. The van der Waals surface area contributed by atoms with E-state index in [1.807, 2.05) is 58.9 Å². The number of pyridine rings is 1. The molecule has 2 aromatic carbocycles. The van der Waals surface area contributed by atoms with Gasteiger partial charge in [-0.05, 0) is 82.6 Å². The van der Waals surface area contributed by atoms with Crippen LogP contribution in [-0.2, 0) is 4.74 Å². The average molecular weight is 527 g/mol. The van der Waals surface area contributed by atoms with Crippen molar-refractivity contribution in [2.45, 2.75) is 46.3 Å². The maximum atomic E-state index is 13.8. The van der Waals surface area contributed by atoms with Crippen LogP contribution < -0.4 is 11.1 Å². The molecule has 0 radical (unpaired) electrons. The number of carbonyl (C=O) groups excluding carboxylic acids is 1. The maximum absolute atomic E-state index is 13.8. The van der Waals surface area contributed by atoms with Crippen LogP contribution >= 0.6 is 0 Å². The van der Waals surface area contributed by atoms with Crippen molar-refractivity contribution in [1.29, 1.82) is 0 Å². The summed E-state index contributed by atoms with van der Waals surface area (Å²) in [4.78, 5) is 27.0. The maximum Gasteiger partial charge on any atom is 0.272 e. The number of carbonyl (C=O) groups is 1. The Kier molecular flexibility index (Phi) is 6.78. The van der Waals surface area contributed by atoms with Crippen LogP contribution in [0.3, 0.4) is 0 Å². The second kappa shape index (κ2) is 10.1. The molecule has 200 valence electrons. The highest BCUT2D eigenvalue weighted by atomic mass is 19.1. The molecule has 1 amide bonds. The van der Waals surface area contributed by atoms with Gasteiger partial charge in [-0.15, -0.1) is 0 Å². The number of nitrogens with zero attached hydrogens (tertiary/aromatic N) is 4. The number of nitrogens with one attached hydrogen (secondary N) is 1. The highest BCUT2D eigenvalue weighted by Crippen LogP contribution is 2.35. The van der Waals surface area contributed by atoms with Crippen LogP contribution in [-0.4, -0.2) is 43.5 Å². The quantitative estimate of drug-likeness (QED) is 0.287. The molecular formula is C30H31FN6O2. The Balaban J connectivity index is 1.69. The Morgan fingerprint density at radius 1 is 1.10 bits per heavy atom. The summed E-state index contributed by atoms with van der Waals surface area (Å²) in [6.45, 7) is 10.0. The van der Waals surface area contributed by atoms with Gasteiger partial charge in [0, 0.05) is 28.9 Å². The molecule has 9 heteroatoms. The van der Waals surface area contributed by atoms with Gasteiger partial charge >= 0.3 is 0 Å². The zero-order valence-corrected chi connectivity index (χ0v) is 22.6. The van der Waals surface area contributed by atoms with Gasteiger partial charge in [-0.2, -0.15) is 0 Å². The average Bonchev–Trinajstić information content (AvgIpc) is 3.34. The predicted octanol–water partition coefficient (Wildman–Crippen LogP) is 5.57. The summed E-state index contributed by atoms with van der Waals surface area (Å²) in [5, 5.41) is 3.98. The molecule has 0 saturated heterocycles. The molecule has 0 saturated carbocycles. The lowest BCUT2D eigenvalue weighted by Gasteiger charge is -2.26. The third-order valence-electron chi connectivity index (χ3n) is 6.45. The van der Waals surface area contributed by atoms with Crippen molar-refractivity contribution in [3.63, 3.8) is 0 Å². The molecule has 8 nitrogen and oxygen atoms in total. The number of imidazole rings is 1. The van der Waals surface area contributed by atoms with Crippen LogP contribution in [0, 0.1) is 12.7 Å². The first-order chi connectivity index (χ1) is 18.5. The van der Waals surface area contributed by atoms with Gasteiger partial charge in [0.25, 0.3) is 5.91 Å². The van der Waals surface area contributed by atoms with Crippen molar-refractivity contribution >= 4 is 28.3 Å². The minimum atomic E-state index is -0.619. The summed E-state index contributed by atoms with van der Waals surface area (Å²) >= 11 is 0. The summed E-state index contributed by atoms with van der Waals surface area (Å²) in [5.74, 6) is -0.561. The zero-order valence-electron chi connectivity index (χ0n) is 22.6. The minimum absolute atomic E-state index is 0.0375. The highest BCUT2D eigenvalue weighted by molar-refractivity contribution is 5.95. The normalized spacial score (nSPS) is 12.0. The molecule has 5 aromatic rings. The van der Waals surface area contributed by atoms with Gasteiger partial charge < -0.3 is 15.8 Å². The lowest BCUT2D eigenvalue weighted by Crippen LogP contribution is -2.47. The third-order valence-corrected chi connectivity index (χ3v) is 6.45. The van der Waals surface area contributed by atoms with E-state index in [4.69, 9.17) is 10.5 Å². The van der Waals surface area contributed by atoms with Crippen LogP contribution in [0.25, 0.3) is 39.1 Å². The van der Waals surface area contributed by atoms with Gasteiger partial charge in [0.1, 0.15) is 11.5 Å². The number of amides is 1. The molecule has 0 fully saturated rings. The Hall–Kier alpha value is -4.37. The van der Waals surface area contributed by atoms with Crippen LogP contribution in [0.2, 0.25) is 0 Å². The monoisotopic (exact) mass is 526 g/mol. The Morgan fingerprint density at radius 2 is 1.82 bits per heavy atom. The van der Waals surface area contributed by atoms with Crippen molar-refractivity contribution in [2.75, 3.05) is 12.3 Å². The molecule has 0 unspecified atom stereocenters. The fourth-order valence-corrected chi connectivity index (χ4v) is 4.48. The van der Waals surface area contributed by atoms with Crippen LogP contribution in [0.5, 0.6) is 0 Å². The molecule has 0 aliphatic rings. The molecule has 3 aromatic heterocycles. The molecular weight excluding hydrogens is 495 g/mol. The summed E-state index contributed by atoms with van der Waals surface area (Å²) < 4.78 is 21.3. The van der Waals surface area contributed by atoms with Crippen molar-refractivity contribution in [3.8, 4) is 22.5 Å². The van der Waals surface area contributed by atoms with E-state index < -0.39 is 5.54 Å². The lowest BCUT2D eigenvalue weighted by molar-refractivity contribution is 0.0365. The minimum Gasteiger partial charge on any atom is -0.381 e. The van der Waals surface area contributed by atoms with Crippen molar-refractivity contribution in [3.05, 3.63) is 78.0 Å². The molecule has 3 heterocycles. The molecule has 5 rings (SSSR count). The number of aromatic nitrogens is 4. The molecule has 0 spiro atoms. The van der Waals surface area contributed by atoms with Crippen LogP contribution in [0.15, 0.2) is 60.9 Å². The van der Waals surface area contributed by atoms with E-state index in [1.54, 1.807) is 28.9 Å². The van der Waals surface area contributed by atoms with Gasteiger partial charge in [-0.3, -0.25) is 14.2 Å². The van der Waals surface area contributed by atoms with Crippen LogP contribution in [0.4, 0.5) is 10.2 Å². The second-order valence-electron chi connectivity index (χ2n) is 10.6. The Labute approximate surface area is 226 Å². The van der Waals surface area contributed by atoms with E-state index in [-0.39, 0.29) is 29.3 Å². The third kappa shape index (κ3) is 5.31. The fourth-order valence-electron chi connectivity index (χ4n) is 4.48. The van der Waals surface area contributed by atoms with E-state index in [1.165, 1.54) is 12.1 Å². The van der Waals surface area contributed by atoms with E-state index in [0.29, 0.717) is 29.2 Å². The molecule has 0 atom stereocenters. The summed E-state index contributed by atoms with van der Waals surface area (Å²) in [6, 6.07) is 13.9. The number of anilines is 1. The Bertz CT molecular complexity index is 1690. The van der Waals surface area contributed by atoms with Gasteiger partial charge in [0.2, 0.25) is 0 Å². The number of fused-ring (bicyclic) bond motifs is 2. The van der Waals surface area contributed by atoms with Crippen molar-refractivity contribution < 1.29 is 13.9 Å². The molecule has 0 bridgehead atoms. The van der Waals surface area contributed by atoms with Gasteiger partial charge in [-0.1, -0.05) is 6.07 Å². The standard InChI is InChI=1S/C30H31FN6O2/c1-17(2)39-16-30(4,5)36-29(38)24-15-37-26(20-8-11-23-22(14-20)18(3)12-13-33-23)25(35-27(32)28(37)34-24)19-6-9-21(31)10-7-19/h6-15,17H,16H2,1-5H3,(H2,32,35)(H,36,38). The number of aryl methyl sites for hydroxylation is 1. The van der Waals surface area contributed by atoms with E-state index in [2.05, 4.69) is 20.3 Å². The SMILES string of the molecule is Cc1ccnc2ccc(-c3c(-c4ccc(F)cc4)nc(N)c4nc(C(=O)NC(C)(C)COC(C)C)cn34)cc12. The fraction of sp³-hybridized carbons (Fsp3) is 0.267. The van der Waals surface area contributed by atoms with Crippen LogP contribution in [0.1, 0.15) is 43.7 Å². The lowest BCUT2D eigenvalue weighted by atomic mass is 10.0. The number of ether oxygens (including phenoxy) is 1. The number of nitrogen functional groups attached to an aromatic ring is 1. The number of halogens is 1. The van der Waals surface area contributed by atoms with Gasteiger partial charge in [0.15, 0.2) is 11.5 Å². The number of nitrogens with two attached hydrogens (primary N) is 1. The van der Waals surface area contributed by atoms with E-state index in [0.717, 1.165) is 22.0 Å². The molecule has 39 heavy (non-hydrogen) atoms. The zero-order chi connectivity index (χ0) is 27.9. The topological polar surface area (TPSA) is 107 Å². The van der Waals surface area contributed by atoms with Crippen molar-refractivity contribution in [1.82, 2.24) is 24.7 Å². The first kappa shape index (κ1) is 26.2. The molecule has 0 aliphatic carbocycles. The van der Waals surface area contributed by atoms with Crippen molar-refractivity contribution in [2.24, 2.45) is 0 Å². The summed E-state index contributed by atoms with van der Waals surface area (Å²) in [6.07, 6.45) is 3.47. The first-order valence-electron chi connectivity index (χ1n) is 12.8. The predicted molar refractivity (Wildman–Crippen MR) is 151 cm³/mol. The number of hydrogen-bond donors (Lipinski definition) is 2. The number of hydrogen-bond acceptors (Lipinski definition) is 6. The number of rotatable bonds is 7. The number of benzene rings is 2. The smallest absolute Gasteiger partial charge is 0.272 e. The largest absolute Gasteiger partial charge is 0.381 e. The first-order valence-corrected chi connectivity index (χ1v) is 12.8. The van der Waals surface area contributed by atoms with E-state index >= 15 is 0 Å². The van der Waals surface area contributed by atoms with Gasteiger partial charge in [-0.25, -0.2) is 14.4 Å². The van der Waals surface area contributed by atoms with E-state index in [9.17, 15) is 9.18 Å². The molecule has 0 aliphatic heterocycles. The second-order valence-corrected chi connectivity index (χ2v) is 10.6. The summed E-state index contributed by atoms with van der Waals surface area (Å²) in [7, 11) is 0. The Morgan fingerprint density at radius 3 is 2.54 bits per heavy atom. The van der Waals surface area contributed by atoms with Gasteiger partial charge in [0.05, 0.1) is 35.2 Å². The summed E-state index contributed by atoms with van der Waals surface area (Å²) in [5.41, 5.74) is 10.9. The highest BCUT2D eigenvalue weighted by Gasteiger charge is 2.26.